The Morgan fingerprint density at radius 2 is 1.87 bits per heavy atom. The van der Waals surface area contributed by atoms with E-state index >= 15 is 0 Å². The number of amides is 1. The summed E-state index contributed by atoms with van der Waals surface area (Å²) in [7, 11) is 4.60. The molecular weight excluding hydrogens is 390 g/mol. The van der Waals surface area contributed by atoms with Crippen LogP contribution in [0.3, 0.4) is 0 Å². The summed E-state index contributed by atoms with van der Waals surface area (Å²) in [5.41, 5.74) is 0.625. The third-order valence-electron chi connectivity index (χ3n) is 4.88. The highest BCUT2D eigenvalue weighted by atomic mass is 16.5. The average molecular weight is 415 g/mol. The molecule has 1 N–H and O–H groups in total. The van der Waals surface area contributed by atoms with Gasteiger partial charge in [-0.1, -0.05) is 25.4 Å². The smallest absolute Gasteiger partial charge is 0.287 e. The number of ether oxygens (including phenoxy) is 3. The zero-order valence-electron chi connectivity index (χ0n) is 17.6. The Hall–Kier alpha value is -3.49. The first kappa shape index (κ1) is 21.2. The van der Waals surface area contributed by atoms with Crippen LogP contribution in [0.1, 0.15) is 42.8 Å². The van der Waals surface area contributed by atoms with E-state index in [9.17, 15) is 4.79 Å². The molecule has 2 atom stereocenters. The summed E-state index contributed by atoms with van der Waals surface area (Å²) in [6, 6.07) is 6.24. The first-order valence-corrected chi connectivity index (χ1v) is 9.50. The van der Waals surface area contributed by atoms with Crippen LogP contribution >= 0.6 is 0 Å². The molecule has 0 spiro atoms. The fraction of sp³-hybridized carbons (Fsp3) is 0.381. The van der Waals surface area contributed by atoms with Crippen molar-refractivity contribution in [1.29, 1.82) is 0 Å². The van der Waals surface area contributed by atoms with Crippen LogP contribution in [0.5, 0.6) is 17.2 Å². The highest BCUT2D eigenvalue weighted by Gasteiger charge is 2.28. The summed E-state index contributed by atoms with van der Waals surface area (Å²) in [6.07, 6.45) is 2.24. The molecule has 0 aliphatic carbocycles. The molecule has 0 saturated heterocycles. The van der Waals surface area contributed by atoms with Gasteiger partial charge in [-0.3, -0.25) is 4.79 Å². The molecule has 1 aromatic carbocycles. The minimum atomic E-state index is -0.476. The zero-order chi connectivity index (χ0) is 21.7. The van der Waals surface area contributed by atoms with Crippen molar-refractivity contribution in [3.63, 3.8) is 0 Å². The second-order valence-corrected chi connectivity index (χ2v) is 6.68. The van der Waals surface area contributed by atoms with Gasteiger partial charge in [0.2, 0.25) is 17.5 Å². The average Bonchev–Trinajstić information content (AvgIpc) is 3.48. The summed E-state index contributed by atoms with van der Waals surface area (Å²) in [5, 5.41) is 7.00. The normalized spacial score (nSPS) is 12.8. The maximum atomic E-state index is 12.5. The Bertz CT molecular complexity index is 958. The van der Waals surface area contributed by atoms with Crippen molar-refractivity contribution in [1.82, 2.24) is 15.5 Å². The van der Waals surface area contributed by atoms with Crippen LogP contribution < -0.4 is 19.5 Å². The van der Waals surface area contributed by atoms with E-state index in [4.69, 9.17) is 23.2 Å². The van der Waals surface area contributed by atoms with E-state index in [1.165, 1.54) is 27.6 Å². The van der Waals surface area contributed by atoms with Crippen molar-refractivity contribution < 1.29 is 27.9 Å². The molecule has 0 radical (unpaired) electrons. The monoisotopic (exact) mass is 415 g/mol. The number of aromatic nitrogens is 2. The van der Waals surface area contributed by atoms with Gasteiger partial charge in [0.15, 0.2) is 17.3 Å². The third-order valence-corrected chi connectivity index (χ3v) is 4.88. The molecule has 0 fully saturated rings. The van der Waals surface area contributed by atoms with E-state index in [2.05, 4.69) is 15.5 Å². The van der Waals surface area contributed by atoms with Crippen LogP contribution in [-0.4, -0.2) is 37.4 Å². The van der Waals surface area contributed by atoms with Crippen molar-refractivity contribution in [3.8, 4) is 28.6 Å². The lowest BCUT2D eigenvalue weighted by Crippen LogP contribution is -2.32. The van der Waals surface area contributed by atoms with Crippen molar-refractivity contribution in [2.45, 2.75) is 26.3 Å². The van der Waals surface area contributed by atoms with Gasteiger partial charge in [-0.2, -0.15) is 4.98 Å². The van der Waals surface area contributed by atoms with E-state index in [0.29, 0.717) is 34.5 Å². The first-order valence-electron chi connectivity index (χ1n) is 9.50. The molecule has 160 valence electrons. The molecule has 9 nitrogen and oxygen atoms in total. The Labute approximate surface area is 174 Å². The maximum Gasteiger partial charge on any atom is 0.287 e. The van der Waals surface area contributed by atoms with E-state index < -0.39 is 6.04 Å². The predicted molar refractivity (Wildman–Crippen MR) is 108 cm³/mol. The van der Waals surface area contributed by atoms with Gasteiger partial charge in [0, 0.05) is 5.56 Å². The van der Waals surface area contributed by atoms with Crippen LogP contribution in [0.4, 0.5) is 0 Å². The van der Waals surface area contributed by atoms with E-state index in [0.717, 1.165) is 6.42 Å². The number of hydrogen-bond acceptors (Lipinski definition) is 8. The number of nitrogens with zero attached hydrogens (tertiary/aromatic N) is 2. The molecule has 2 aromatic heterocycles. The SMILES string of the molecule is CC[C@@H](C)[C@@H](NC(=O)c1ccco1)c1nc(-c2cc(OC)c(OC)c(OC)c2)no1. The first-order chi connectivity index (χ1) is 14.5. The van der Waals surface area contributed by atoms with Crippen molar-refractivity contribution in [2.75, 3.05) is 21.3 Å². The molecule has 0 aliphatic rings. The third kappa shape index (κ3) is 4.24. The summed E-state index contributed by atoms with van der Waals surface area (Å²) in [4.78, 5) is 17.0. The minimum absolute atomic E-state index is 0.0529. The summed E-state index contributed by atoms with van der Waals surface area (Å²) in [5.74, 6) is 1.97. The highest BCUT2D eigenvalue weighted by Crippen LogP contribution is 2.40. The Kier molecular flexibility index (Phi) is 6.61. The van der Waals surface area contributed by atoms with Gasteiger partial charge < -0.3 is 28.5 Å². The largest absolute Gasteiger partial charge is 0.493 e. The number of hydrogen-bond donors (Lipinski definition) is 1. The second-order valence-electron chi connectivity index (χ2n) is 6.68. The highest BCUT2D eigenvalue weighted by molar-refractivity contribution is 5.91. The number of carbonyl (C=O) groups excluding carboxylic acids is 1. The molecule has 1 amide bonds. The Morgan fingerprint density at radius 3 is 2.40 bits per heavy atom. The maximum absolute atomic E-state index is 12.5. The van der Waals surface area contributed by atoms with Crippen LogP contribution in [-0.2, 0) is 0 Å². The lowest BCUT2D eigenvalue weighted by molar-refractivity contribution is 0.0882. The molecule has 0 saturated carbocycles. The van der Waals surface area contributed by atoms with Gasteiger partial charge in [0.25, 0.3) is 5.91 Å². The fourth-order valence-electron chi connectivity index (χ4n) is 2.99. The van der Waals surface area contributed by atoms with E-state index in [-0.39, 0.29) is 17.6 Å². The summed E-state index contributed by atoms with van der Waals surface area (Å²) in [6.45, 7) is 4.02. The number of methoxy groups -OCH3 is 3. The van der Waals surface area contributed by atoms with Crippen LogP contribution in [0.25, 0.3) is 11.4 Å². The number of rotatable bonds is 9. The van der Waals surface area contributed by atoms with Crippen LogP contribution in [0.15, 0.2) is 39.5 Å². The second kappa shape index (κ2) is 9.34. The van der Waals surface area contributed by atoms with Crippen molar-refractivity contribution >= 4 is 5.91 Å². The van der Waals surface area contributed by atoms with Gasteiger partial charge in [-0.05, 0) is 30.2 Å². The fourth-order valence-corrected chi connectivity index (χ4v) is 2.99. The van der Waals surface area contributed by atoms with Crippen LogP contribution in [0, 0.1) is 5.92 Å². The predicted octanol–water partition coefficient (Wildman–Crippen LogP) is 3.87. The number of furan rings is 1. The molecule has 0 aliphatic heterocycles. The number of carbonyl (C=O) groups is 1. The lowest BCUT2D eigenvalue weighted by Gasteiger charge is -2.20. The van der Waals surface area contributed by atoms with E-state index in [1.807, 2.05) is 13.8 Å². The molecular formula is C21H25N3O6. The van der Waals surface area contributed by atoms with Crippen molar-refractivity contribution in [2.24, 2.45) is 5.92 Å². The zero-order valence-corrected chi connectivity index (χ0v) is 17.6. The number of benzene rings is 1. The molecule has 2 heterocycles. The Balaban J connectivity index is 1.93. The molecule has 9 heteroatoms. The lowest BCUT2D eigenvalue weighted by atomic mass is 9.99. The molecule has 3 aromatic rings. The van der Waals surface area contributed by atoms with Crippen LogP contribution in [0.2, 0.25) is 0 Å². The number of nitrogens with one attached hydrogen (secondary N) is 1. The summed E-state index contributed by atoms with van der Waals surface area (Å²) < 4.78 is 26.8. The standard InChI is InChI=1S/C21H25N3O6/c1-6-12(2)17(22-20(25)14-8-7-9-29-14)21-23-19(24-30-21)13-10-15(26-3)18(28-5)16(11-13)27-4/h7-12,17H,6H2,1-5H3,(H,22,25)/t12-,17-/m1/s1. The van der Waals surface area contributed by atoms with Gasteiger partial charge in [0.1, 0.15) is 6.04 Å². The van der Waals surface area contributed by atoms with Gasteiger partial charge in [-0.15, -0.1) is 0 Å². The Morgan fingerprint density at radius 1 is 1.17 bits per heavy atom. The summed E-state index contributed by atoms with van der Waals surface area (Å²) >= 11 is 0. The van der Waals surface area contributed by atoms with Gasteiger partial charge in [0.05, 0.1) is 27.6 Å². The van der Waals surface area contributed by atoms with E-state index in [1.54, 1.807) is 24.3 Å². The van der Waals surface area contributed by atoms with Gasteiger partial charge >= 0.3 is 0 Å². The quantitative estimate of drug-likeness (QED) is 0.561. The molecule has 0 bridgehead atoms. The molecule has 3 rings (SSSR count). The minimum Gasteiger partial charge on any atom is -0.493 e. The molecule has 30 heavy (non-hydrogen) atoms. The van der Waals surface area contributed by atoms with Crippen molar-refractivity contribution in [3.05, 3.63) is 42.2 Å². The topological polar surface area (TPSA) is 109 Å². The molecule has 0 unspecified atom stereocenters. The van der Waals surface area contributed by atoms with Gasteiger partial charge in [-0.25, -0.2) is 0 Å².